The molecule has 1 fully saturated rings. The monoisotopic (exact) mass is 339 g/mol. The van der Waals surface area contributed by atoms with E-state index in [-0.39, 0.29) is 16.5 Å². The van der Waals surface area contributed by atoms with Gasteiger partial charge in [0, 0.05) is 43.4 Å². The summed E-state index contributed by atoms with van der Waals surface area (Å²) < 4.78 is 0. The smallest absolute Gasteiger partial charge is 0.272 e. The van der Waals surface area contributed by atoms with Gasteiger partial charge < -0.3 is 10.2 Å². The highest BCUT2D eigenvalue weighted by atomic mass is 16.6. The van der Waals surface area contributed by atoms with E-state index in [0.717, 1.165) is 29.8 Å². The van der Waals surface area contributed by atoms with Crippen molar-refractivity contribution in [2.24, 2.45) is 0 Å². The molecule has 1 heterocycles. The number of likely N-dealkylation sites (tertiary alicyclic amines) is 1. The van der Waals surface area contributed by atoms with Gasteiger partial charge in [-0.15, -0.1) is 0 Å². The molecule has 1 aliphatic rings. The molecule has 0 aliphatic carbocycles. The fourth-order valence-electron chi connectivity index (χ4n) is 3.10. The number of aryl methyl sites for hydroxylation is 1. The minimum atomic E-state index is -0.373. The molecular weight excluding hydrogens is 318 g/mol. The van der Waals surface area contributed by atoms with Crippen LogP contribution in [0.3, 0.4) is 0 Å². The topological polar surface area (TPSA) is 75.5 Å². The summed E-state index contributed by atoms with van der Waals surface area (Å²) in [6, 6.07) is 13.2. The third-order valence-electron chi connectivity index (χ3n) is 4.43. The molecule has 1 aliphatic heterocycles. The van der Waals surface area contributed by atoms with E-state index in [1.165, 1.54) is 6.07 Å². The van der Waals surface area contributed by atoms with Crippen molar-refractivity contribution in [2.45, 2.75) is 32.9 Å². The van der Waals surface area contributed by atoms with Crippen molar-refractivity contribution < 1.29 is 9.72 Å². The van der Waals surface area contributed by atoms with E-state index in [4.69, 9.17) is 0 Å². The predicted molar refractivity (Wildman–Crippen MR) is 96.3 cm³/mol. The molecule has 1 saturated heterocycles. The van der Waals surface area contributed by atoms with Crippen molar-refractivity contribution in [1.82, 2.24) is 4.90 Å². The van der Waals surface area contributed by atoms with Crippen LogP contribution in [0, 0.1) is 17.0 Å². The summed E-state index contributed by atoms with van der Waals surface area (Å²) in [6.07, 6.45) is 1.60. The maximum absolute atomic E-state index is 11.7. The Kier molecular flexibility index (Phi) is 4.97. The summed E-state index contributed by atoms with van der Waals surface area (Å²) in [5, 5.41) is 14.2. The Hall–Kier alpha value is -2.89. The first-order valence-corrected chi connectivity index (χ1v) is 8.37. The zero-order valence-electron chi connectivity index (χ0n) is 14.2. The first-order chi connectivity index (χ1) is 12.0. The molecule has 0 bridgehead atoms. The number of carbonyl (C=O) groups excluding carboxylic acids is 1. The molecule has 2 aromatic carbocycles. The molecular formula is C19H21N3O3. The third-order valence-corrected chi connectivity index (χ3v) is 4.43. The zero-order chi connectivity index (χ0) is 17.8. The van der Waals surface area contributed by atoms with Crippen LogP contribution in [0.5, 0.6) is 0 Å². The normalized spacial score (nSPS) is 14.0. The molecule has 0 unspecified atom stereocenters. The molecule has 2 aromatic rings. The standard InChI is InChI=1S/C19H21N3O3/c1-14-10-17(7-8-18(14)22(24)25)20-12-15-4-2-5-16(11-15)13-21-9-3-6-19(21)23/h2,4-5,7-8,10-11,20H,3,6,9,12-13H2,1H3. The van der Waals surface area contributed by atoms with Crippen molar-refractivity contribution in [2.75, 3.05) is 11.9 Å². The van der Waals surface area contributed by atoms with Crippen molar-refractivity contribution >= 4 is 17.3 Å². The first kappa shape index (κ1) is 17.0. The van der Waals surface area contributed by atoms with Gasteiger partial charge in [0.05, 0.1) is 4.92 Å². The fourth-order valence-corrected chi connectivity index (χ4v) is 3.10. The average molecular weight is 339 g/mol. The Labute approximate surface area is 146 Å². The number of nitro benzene ring substituents is 1. The molecule has 0 radical (unpaired) electrons. The van der Waals surface area contributed by atoms with Gasteiger partial charge in [-0.2, -0.15) is 0 Å². The number of benzene rings is 2. The van der Waals surface area contributed by atoms with Crippen LogP contribution >= 0.6 is 0 Å². The van der Waals surface area contributed by atoms with Crippen molar-refractivity contribution in [1.29, 1.82) is 0 Å². The number of rotatable bonds is 6. The summed E-state index contributed by atoms with van der Waals surface area (Å²) in [5.74, 6) is 0.227. The van der Waals surface area contributed by atoms with Crippen molar-refractivity contribution in [3.8, 4) is 0 Å². The van der Waals surface area contributed by atoms with Gasteiger partial charge in [0.25, 0.3) is 5.69 Å². The molecule has 6 nitrogen and oxygen atoms in total. The lowest BCUT2D eigenvalue weighted by atomic mass is 10.1. The lowest BCUT2D eigenvalue weighted by molar-refractivity contribution is -0.385. The third kappa shape index (κ3) is 4.15. The quantitative estimate of drug-likeness (QED) is 0.644. The number of nitrogens with zero attached hydrogens (tertiary/aromatic N) is 2. The van der Waals surface area contributed by atoms with Crippen LogP contribution in [0.15, 0.2) is 42.5 Å². The van der Waals surface area contributed by atoms with Crippen LogP contribution < -0.4 is 5.32 Å². The van der Waals surface area contributed by atoms with E-state index >= 15 is 0 Å². The van der Waals surface area contributed by atoms with Crippen LogP contribution in [0.2, 0.25) is 0 Å². The van der Waals surface area contributed by atoms with E-state index in [1.807, 2.05) is 23.1 Å². The maximum Gasteiger partial charge on any atom is 0.272 e. The Morgan fingerprint density at radius 3 is 2.68 bits per heavy atom. The molecule has 0 saturated carbocycles. The maximum atomic E-state index is 11.7. The number of nitro groups is 1. The molecule has 0 atom stereocenters. The number of nitrogens with one attached hydrogen (secondary N) is 1. The fraction of sp³-hybridized carbons (Fsp3) is 0.316. The Morgan fingerprint density at radius 2 is 2.00 bits per heavy atom. The number of hydrogen-bond acceptors (Lipinski definition) is 4. The van der Waals surface area contributed by atoms with Gasteiger partial charge >= 0.3 is 0 Å². The zero-order valence-corrected chi connectivity index (χ0v) is 14.2. The van der Waals surface area contributed by atoms with Gasteiger partial charge in [0.1, 0.15) is 0 Å². The highest BCUT2D eigenvalue weighted by molar-refractivity contribution is 5.78. The summed E-state index contributed by atoms with van der Waals surface area (Å²) in [4.78, 5) is 24.1. The molecule has 0 aromatic heterocycles. The van der Waals surface area contributed by atoms with Gasteiger partial charge in [0.15, 0.2) is 0 Å². The van der Waals surface area contributed by atoms with Gasteiger partial charge in [-0.25, -0.2) is 0 Å². The van der Waals surface area contributed by atoms with Gasteiger partial charge in [-0.1, -0.05) is 24.3 Å². The first-order valence-electron chi connectivity index (χ1n) is 8.37. The van der Waals surface area contributed by atoms with Crippen LogP contribution in [-0.4, -0.2) is 22.3 Å². The number of anilines is 1. The van der Waals surface area contributed by atoms with E-state index < -0.39 is 0 Å². The van der Waals surface area contributed by atoms with Crippen LogP contribution in [0.25, 0.3) is 0 Å². The lowest BCUT2D eigenvalue weighted by Gasteiger charge is -2.16. The molecule has 0 spiro atoms. The molecule has 1 N–H and O–H groups in total. The summed E-state index contributed by atoms with van der Waals surface area (Å²) in [5.41, 5.74) is 3.84. The largest absolute Gasteiger partial charge is 0.381 e. The van der Waals surface area contributed by atoms with Crippen LogP contribution in [-0.2, 0) is 17.9 Å². The van der Waals surface area contributed by atoms with Crippen LogP contribution in [0.1, 0.15) is 29.5 Å². The van der Waals surface area contributed by atoms with E-state index in [0.29, 0.717) is 25.1 Å². The van der Waals surface area contributed by atoms with Gasteiger partial charge in [-0.3, -0.25) is 14.9 Å². The summed E-state index contributed by atoms with van der Waals surface area (Å²) >= 11 is 0. The summed E-state index contributed by atoms with van der Waals surface area (Å²) in [7, 11) is 0. The Balaban J connectivity index is 1.63. The number of amides is 1. The van der Waals surface area contributed by atoms with Crippen LogP contribution in [0.4, 0.5) is 11.4 Å². The van der Waals surface area contributed by atoms with Gasteiger partial charge in [0.2, 0.25) is 5.91 Å². The number of hydrogen-bond donors (Lipinski definition) is 1. The van der Waals surface area contributed by atoms with E-state index in [1.54, 1.807) is 19.1 Å². The second-order valence-electron chi connectivity index (χ2n) is 6.35. The molecule has 130 valence electrons. The molecule has 3 rings (SSSR count). The second-order valence-corrected chi connectivity index (χ2v) is 6.35. The Morgan fingerprint density at radius 1 is 1.20 bits per heavy atom. The molecule has 25 heavy (non-hydrogen) atoms. The average Bonchev–Trinajstić information content (AvgIpc) is 2.98. The second kappa shape index (κ2) is 7.34. The highest BCUT2D eigenvalue weighted by Gasteiger charge is 2.19. The lowest BCUT2D eigenvalue weighted by Crippen LogP contribution is -2.23. The minimum absolute atomic E-state index is 0.128. The van der Waals surface area contributed by atoms with Gasteiger partial charge in [-0.05, 0) is 36.6 Å². The molecule has 6 heteroatoms. The van der Waals surface area contributed by atoms with Crippen molar-refractivity contribution in [3.63, 3.8) is 0 Å². The molecule has 1 amide bonds. The summed E-state index contributed by atoms with van der Waals surface area (Å²) in [6.45, 7) is 3.85. The SMILES string of the molecule is Cc1cc(NCc2cccc(CN3CCCC3=O)c2)ccc1[N+](=O)[O-]. The van der Waals surface area contributed by atoms with E-state index in [9.17, 15) is 14.9 Å². The Bertz CT molecular complexity index is 804. The minimum Gasteiger partial charge on any atom is -0.381 e. The predicted octanol–water partition coefficient (Wildman–Crippen LogP) is 3.64. The highest BCUT2D eigenvalue weighted by Crippen LogP contribution is 2.22. The van der Waals surface area contributed by atoms with E-state index in [2.05, 4.69) is 11.4 Å². The number of carbonyl (C=O) groups is 1. The van der Waals surface area contributed by atoms with Crippen molar-refractivity contribution in [3.05, 3.63) is 69.3 Å².